The summed E-state index contributed by atoms with van der Waals surface area (Å²) in [5.41, 5.74) is 0.957. The van der Waals surface area contributed by atoms with E-state index in [9.17, 15) is 13.2 Å². The van der Waals surface area contributed by atoms with E-state index in [-0.39, 0.29) is 12.2 Å². The fraction of sp³-hybridized carbons (Fsp3) is 0.543. The second-order valence-electron chi connectivity index (χ2n) is 10.9. The Kier molecular flexibility index (Phi) is 15.9. The molecule has 0 bridgehead atoms. The van der Waals surface area contributed by atoms with Crippen molar-refractivity contribution in [1.82, 2.24) is 9.97 Å². The number of halogens is 3. The first-order valence-corrected chi connectivity index (χ1v) is 15.9. The molecule has 3 rings (SSSR count). The Morgan fingerprint density at radius 1 is 0.614 bits per heavy atom. The molecule has 0 amide bonds. The van der Waals surface area contributed by atoms with Gasteiger partial charge in [-0.15, -0.1) is 0 Å². The van der Waals surface area contributed by atoms with Crippen LogP contribution in [0.4, 0.5) is 13.2 Å². The first-order chi connectivity index (χ1) is 21.4. The van der Waals surface area contributed by atoms with Gasteiger partial charge in [-0.05, 0) is 67.6 Å². The Bertz CT molecular complexity index is 1160. The molecule has 0 N–H and O–H groups in total. The van der Waals surface area contributed by atoms with Crippen molar-refractivity contribution in [2.45, 2.75) is 96.3 Å². The van der Waals surface area contributed by atoms with Gasteiger partial charge in [-0.1, -0.05) is 70.4 Å². The van der Waals surface area contributed by atoms with Crippen LogP contribution in [0, 0.1) is 0 Å². The number of methoxy groups -OCH3 is 1. The highest BCUT2D eigenvalue weighted by molar-refractivity contribution is 5.56. The summed E-state index contributed by atoms with van der Waals surface area (Å²) in [6.45, 7) is 3.48. The highest BCUT2D eigenvalue weighted by Crippen LogP contribution is 2.36. The van der Waals surface area contributed by atoms with E-state index in [0.717, 1.165) is 37.0 Å². The fourth-order valence-corrected chi connectivity index (χ4v) is 4.77. The largest absolute Gasteiger partial charge is 0.497 e. The number of ether oxygens (including phenoxy) is 4. The molecule has 1 aromatic heterocycles. The van der Waals surface area contributed by atoms with Crippen LogP contribution in [0.1, 0.15) is 95.6 Å². The van der Waals surface area contributed by atoms with Crippen LogP contribution in [0.15, 0.2) is 60.9 Å². The second-order valence-corrected chi connectivity index (χ2v) is 10.9. The SMILES string of the molecule is CCCCCCCCCCOc1cnc(-c2ccc(OCCCCCCO[C@H](c3ccc(OC)cc3)C(F)(F)F)cc2)nc1. The number of benzene rings is 2. The monoisotopic (exact) mass is 616 g/mol. The van der Waals surface area contributed by atoms with Crippen molar-refractivity contribution < 1.29 is 32.1 Å². The van der Waals surface area contributed by atoms with E-state index in [1.807, 2.05) is 24.3 Å². The minimum absolute atomic E-state index is 0.0347. The molecule has 1 atom stereocenters. The number of alkyl halides is 3. The summed E-state index contributed by atoms with van der Waals surface area (Å²) in [6.07, 6.45) is 10.0. The van der Waals surface area contributed by atoms with Gasteiger partial charge < -0.3 is 18.9 Å². The summed E-state index contributed by atoms with van der Waals surface area (Å²) in [6, 6.07) is 13.4. The van der Waals surface area contributed by atoms with Crippen molar-refractivity contribution in [2.75, 3.05) is 26.9 Å². The van der Waals surface area contributed by atoms with Crippen LogP contribution >= 0.6 is 0 Å². The summed E-state index contributed by atoms with van der Waals surface area (Å²) in [5.74, 6) is 2.55. The van der Waals surface area contributed by atoms with Crippen LogP contribution in [0.2, 0.25) is 0 Å². The molecule has 0 unspecified atom stereocenters. The normalized spacial score (nSPS) is 12.2. The zero-order valence-electron chi connectivity index (χ0n) is 26.1. The molecule has 0 radical (unpaired) electrons. The van der Waals surface area contributed by atoms with E-state index in [1.54, 1.807) is 12.4 Å². The Hall–Kier alpha value is -3.33. The summed E-state index contributed by atoms with van der Waals surface area (Å²) in [5, 5.41) is 0. The van der Waals surface area contributed by atoms with Gasteiger partial charge in [-0.2, -0.15) is 13.2 Å². The molecule has 0 saturated heterocycles. The van der Waals surface area contributed by atoms with Gasteiger partial charge in [0, 0.05) is 12.2 Å². The van der Waals surface area contributed by atoms with Crippen molar-refractivity contribution in [3.8, 4) is 28.6 Å². The van der Waals surface area contributed by atoms with Gasteiger partial charge in [-0.25, -0.2) is 9.97 Å². The van der Waals surface area contributed by atoms with Crippen LogP contribution in [0.3, 0.4) is 0 Å². The van der Waals surface area contributed by atoms with E-state index in [1.165, 1.54) is 76.3 Å². The molecule has 0 fully saturated rings. The van der Waals surface area contributed by atoms with Crippen molar-refractivity contribution in [3.05, 3.63) is 66.5 Å². The lowest BCUT2D eigenvalue weighted by molar-refractivity contribution is -0.224. The fourth-order valence-electron chi connectivity index (χ4n) is 4.77. The van der Waals surface area contributed by atoms with Gasteiger partial charge >= 0.3 is 6.18 Å². The van der Waals surface area contributed by atoms with Crippen LogP contribution in [0.5, 0.6) is 17.2 Å². The smallest absolute Gasteiger partial charge is 0.418 e. The average molecular weight is 617 g/mol. The molecular formula is C35H47F3N2O4. The Balaban J connectivity index is 1.27. The van der Waals surface area contributed by atoms with Gasteiger partial charge in [0.2, 0.25) is 0 Å². The van der Waals surface area contributed by atoms with E-state index in [2.05, 4.69) is 16.9 Å². The van der Waals surface area contributed by atoms with Crippen LogP contribution < -0.4 is 14.2 Å². The lowest BCUT2D eigenvalue weighted by Crippen LogP contribution is -2.24. The van der Waals surface area contributed by atoms with Crippen molar-refractivity contribution in [1.29, 1.82) is 0 Å². The highest BCUT2D eigenvalue weighted by Gasteiger charge is 2.41. The third-order valence-electron chi connectivity index (χ3n) is 7.32. The minimum Gasteiger partial charge on any atom is -0.497 e. The summed E-state index contributed by atoms with van der Waals surface area (Å²) in [4.78, 5) is 8.88. The van der Waals surface area contributed by atoms with E-state index >= 15 is 0 Å². The molecule has 1 heterocycles. The lowest BCUT2D eigenvalue weighted by Gasteiger charge is -2.21. The molecule has 0 aliphatic rings. The number of aromatic nitrogens is 2. The van der Waals surface area contributed by atoms with E-state index < -0.39 is 12.3 Å². The van der Waals surface area contributed by atoms with E-state index in [0.29, 0.717) is 37.0 Å². The van der Waals surface area contributed by atoms with Crippen molar-refractivity contribution >= 4 is 0 Å². The molecule has 242 valence electrons. The third kappa shape index (κ3) is 13.1. The number of hydrogen-bond donors (Lipinski definition) is 0. The van der Waals surface area contributed by atoms with Crippen LogP contribution in [-0.2, 0) is 4.74 Å². The predicted molar refractivity (Wildman–Crippen MR) is 167 cm³/mol. The van der Waals surface area contributed by atoms with Gasteiger partial charge in [0.15, 0.2) is 17.7 Å². The highest BCUT2D eigenvalue weighted by atomic mass is 19.4. The summed E-state index contributed by atoms with van der Waals surface area (Å²) in [7, 11) is 1.47. The topological polar surface area (TPSA) is 62.7 Å². The third-order valence-corrected chi connectivity index (χ3v) is 7.32. The van der Waals surface area contributed by atoms with Crippen molar-refractivity contribution in [2.24, 2.45) is 0 Å². The predicted octanol–water partition coefficient (Wildman–Crippen LogP) is 9.93. The Morgan fingerprint density at radius 2 is 1.11 bits per heavy atom. The van der Waals surface area contributed by atoms with Gasteiger partial charge in [0.1, 0.15) is 11.5 Å². The molecule has 9 heteroatoms. The standard InChI is InChI=1S/C35H47F3N2O4/c1-3-4-5-6-7-8-9-12-24-43-32-26-39-34(40-27-32)29-17-21-31(22-18-29)42-23-13-10-11-14-25-44-33(35(36,37)38)28-15-19-30(41-2)20-16-28/h15-22,26-27,33H,3-14,23-25H2,1-2H3/t33-/m1/s1. The first-order valence-electron chi connectivity index (χ1n) is 15.9. The maximum absolute atomic E-state index is 13.5. The quantitative estimate of drug-likeness (QED) is 0.105. The Morgan fingerprint density at radius 3 is 1.66 bits per heavy atom. The molecule has 0 aliphatic heterocycles. The number of rotatable bonds is 22. The number of hydrogen-bond acceptors (Lipinski definition) is 6. The number of nitrogens with zero attached hydrogens (tertiary/aromatic N) is 2. The lowest BCUT2D eigenvalue weighted by atomic mass is 10.1. The molecule has 0 spiro atoms. The number of unbranched alkanes of at least 4 members (excludes halogenated alkanes) is 10. The van der Waals surface area contributed by atoms with E-state index in [4.69, 9.17) is 18.9 Å². The zero-order valence-corrected chi connectivity index (χ0v) is 26.1. The molecular weight excluding hydrogens is 569 g/mol. The maximum Gasteiger partial charge on any atom is 0.418 e. The van der Waals surface area contributed by atoms with Crippen LogP contribution in [0.25, 0.3) is 11.4 Å². The second kappa shape index (κ2) is 19.8. The zero-order chi connectivity index (χ0) is 31.5. The van der Waals surface area contributed by atoms with Gasteiger partial charge in [0.25, 0.3) is 0 Å². The first kappa shape index (κ1) is 35.2. The molecule has 3 aromatic rings. The average Bonchev–Trinajstić information content (AvgIpc) is 3.03. The van der Waals surface area contributed by atoms with Crippen LogP contribution in [-0.4, -0.2) is 43.1 Å². The van der Waals surface area contributed by atoms with Gasteiger partial charge in [-0.3, -0.25) is 0 Å². The molecule has 44 heavy (non-hydrogen) atoms. The summed E-state index contributed by atoms with van der Waals surface area (Å²) >= 11 is 0. The van der Waals surface area contributed by atoms with Crippen molar-refractivity contribution in [3.63, 3.8) is 0 Å². The minimum atomic E-state index is -4.48. The molecule has 6 nitrogen and oxygen atoms in total. The molecule has 0 aliphatic carbocycles. The van der Waals surface area contributed by atoms with Gasteiger partial charge in [0.05, 0.1) is 32.7 Å². The summed E-state index contributed by atoms with van der Waals surface area (Å²) < 4.78 is 62.3. The molecule has 2 aromatic carbocycles. The Labute approximate surface area is 260 Å². The maximum atomic E-state index is 13.5. The molecule has 0 saturated carbocycles.